The smallest absolute Gasteiger partial charge is 0.227 e. The zero-order valence-electron chi connectivity index (χ0n) is 16.5. The van der Waals surface area contributed by atoms with Gasteiger partial charge in [-0.2, -0.15) is 10.4 Å². The molecule has 29 heavy (non-hydrogen) atoms. The summed E-state index contributed by atoms with van der Waals surface area (Å²) in [7, 11) is 1.64. The van der Waals surface area contributed by atoms with Gasteiger partial charge in [-0.3, -0.25) is 4.68 Å². The number of ether oxygens (including phenoxy) is 1. The fourth-order valence-electron chi connectivity index (χ4n) is 3.95. The van der Waals surface area contributed by atoms with Crippen LogP contribution >= 0.6 is 0 Å². The van der Waals surface area contributed by atoms with Crippen LogP contribution in [0.25, 0.3) is 11.3 Å². The molecule has 0 aliphatic heterocycles. The lowest BCUT2D eigenvalue weighted by Crippen LogP contribution is -2.17. The molecular formula is C22H24N6O. The van der Waals surface area contributed by atoms with Gasteiger partial charge >= 0.3 is 0 Å². The Labute approximate surface area is 170 Å². The van der Waals surface area contributed by atoms with Crippen molar-refractivity contribution in [1.82, 2.24) is 19.7 Å². The quantitative estimate of drug-likeness (QED) is 0.629. The zero-order valence-corrected chi connectivity index (χ0v) is 16.5. The summed E-state index contributed by atoms with van der Waals surface area (Å²) in [5, 5.41) is 17.0. The van der Waals surface area contributed by atoms with Gasteiger partial charge in [0.15, 0.2) is 0 Å². The summed E-state index contributed by atoms with van der Waals surface area (Å²) in [6, 6.07) is 11.9. The van der Waals surface area contributed by atoms with E-state index in [1.54, 1.807) is 13.3 Å². The second-order valence-corrected chi connectivity index (χ2v) is 7.30. The van der Waals surface area contributed by atoms with E-state index in [1.165, 1.54) is 25.7 Å². The van der Waals surface area contributed by atoms with Gasteiger partial charge in [-0.15, -0.1) is 0 Å². The molecule has 7 heteroatoms. The summed E-state index contributed by atoms with van der Waals surface area (Å²) in [6.45, 7) is 0. The van der Waals surface area contributed by atoms with Crippen molar-refractivity contribution >= 4 is 11.6 Å². The number of anilines is 2. The van der Waals surface area contributed by atoms with Crippen LogP contribution < -0.4 is 10.1 Å². The van der Waals surface area contributed by atoms with E-state index in [4.69, 9.17) is 4.74 Å². The molecule has 1 aromatic carbocycles. The molecule has 1 unspecified atom stereocenters. The van der Waals surface area contributed by atoms with Gasteiger partial charge in [-0.1, -0.05) is 12.8 Å². The molecule has 0 bridgehead atoms. The standard InChI is InChI=1S/C22H24N6O/c1-29-19-8-6-18(7-9-19)26-22-24-13-11-20(27-22)17-14-25-28(15-17)21(10-12-23)16-4-2-3-5-16/h6-9,11,13-16,21H,2-5,10H2,1H3,(H,24,26,27). The molecule has 1 N–H and O–H groups in total. The summed E-state index contributed by atoms with van der Waals surface area (Å²) in [5.41, 5.74) is 2.60. The van der Waals surface area contributed by atoms with Crippen LogP contribution in [0.2, 0.25) is 0 Å². The highest BCUT2D eigenvalue weighted by molar-refractivity contribution is 5.61. The predicted octanol–water partition coefficient (Wildman–Crippen LogP) is 4.74. The number of benzene rings is 1. The predicted molar refractivity (Wildman–Crippen MR) is 111 cm³/mol. The molecule has 3 aromatic rings. The van der Waals surface area contributed by atoms with Crippen LogP contribution in [-0.4, -0.2) is 26.9 Å². The van der Waals surface area contributed by atoms with E-state index in [0.717, 1.165) is 22.7 Å². The van der Waals surface area contributed by atoms with Crippen LogP contribution in [0.4, 0.5) is 11.6 Å². The highest BCUT2D eigenvalue weighted by Crippen LogP contribution is 2.36. The van der Waals surface area contributed by atoms with Crippen LogP contribution in [0, 0.1) is 17.2 Å². The first-order chi connectivity index (χ1) is 14.3. The van der Waals surface area contributed by atoms with E-state index in [9.17, 15) is 5.26 Å². The molecule has 2 aromatic heterocycles. The molecule has 1 atom stereocenters. The first-order valence-electron chi connectivity index (χ1n) is 9.92. The molecule has 0 saturated heterocycles. The summed E-state index contributed by atoms with van der Waals surface area (Å²) in [4.78, 5) is 8.94. The Kier molecular flexibility index (Phi) is 5.71. The van der Waals surface area contributed by atoms with Gasteiger partial charge < -0.3 is 10.1 Å². The van der Waals surface area contributed by atoms with E-state index >= 15 is 0 Å². The van der Waals surface area contributed by atoms with Gasteiger partial charge in [0.2, 0.25) is 5.95 Å². The Hall–Kier alpha value is -3.40. The van der Waals surface area contributed by atoms with Crippen LogP contribution in [0.1, 0.15) is 38.1 Å². The Morgan fingerprint density at radius 3 is 2.76 bits per heavy atom. The van der Waals surface area contributed by atoms with Crippen LogP contribution in [0.5, 0.6) is 5.75 Å². The number of aromatic nitrogens is 4. The average molecular weight is 388 g/mol. The van der Waals surface area contributed by atoms with Crippen molar-refractivity contribution in [3.63, 3.8) is 0 Å². The van der Waals surface area contributed by atoms with Gasteiger partial charge in [-0.05, 0) is 49.1 Å². The van der Waals surface area contributed by atoms with Crippen LogP contribution in [0.3, 0.4) is 0 Å². The van der Waals surface area contributed by atoms with Crippen molar-refractivity contribution in [3.8, 4) is 23.1 Å². The fourth-order valence-corrected chi connectivity index (χ4v) is 3.95. The molecule has 0 radical (unpaired) electrons. The fraction of sp³-hybridized carbons (Fsp3) is 0.364. The van der Waals surface area contributed by atoms with Gasteiger partial charge in [0.1, 0.15) is 5.75 Å². The number of methoxy groups -OCH3 is 1. The number of nitriles is 1. The Bertz CT molecular complexity index is 985. The maximum absolute atomic E-state index is 9.26. The first kappa shape index (κ1) is 18.9. The lowest BCUT2D eigenvalue weighted by atomic mass is 9.96. The number of nitrogens with zero attached hydrogens (tertiary/aromatic N) is 5. The maximum atomic E-state index is 9.26. The topological polar surface area (TPSA) is 88.6 Å². The minimum atomic E-state index is 0.134. The lowest BCUT2D eigenvalue weighted by molar-refractivity contribution is 0.315. The average Bonchev–Trinajstić information content (AvgIpc) is 3.45. The molecule has 0 spiro atoms. The van der Waals surface area contributed by atoms with Crippen molar-refractivity contribution in [1.29, 1.82) is 5.26 Å². The second kappa shape index (κ2) is 8.74. The Morgan fingerprint density at radius 2 is 2.03 bits per heavy atom. The molecule has 1 fully saturated rings. The molecule has 4 rings (SSSR count). The van der Waals surface area contributed by atoms with E-state index < -0.39 is 0 Å². The number of hydrogen-bond donors (Lipinski definition) is 1. The summed E-state index contributed by atoms with van der Waals surface area (Å²) in [6.07, 6.45) is 10.9. The summed E-state index contributed by atoms with van der Waals surface area (Å²) >= 11 is 0. The molecule has 1 aliphatic carbocycles. The van der Waals surface area contributed by atoms with E-state index in [1.807, 2.05) is 47.4 Å². The van der Waals surface area contributed by atoms with Gasteiger partial charge in [0.05, 0.1) is 37.5 Å². The van der Waals surface area contributed by atoms with E-state index in [0.29, 0.717) is 18.3 Å². The third-order valence-corrected chi connectivity index (χ3v) is 5.48. The minimum Gasteiger partial charge on any atom is -0.497 e. The number of hydrogen-bond acceptors (Lipinski definition) is 6. The molecule has 1 saturated carbocycles. The molecular weight excluding hydrogens is 364 g/mol. The molecule has 148 valence electrons. The van der Waals surface area contributed by atoms with Crippen molar-refractivity contribution < 1.29 is 4.74 Å². The SMILES string of the molecule is COc1ccc(Nc2nccc(-c3cnn(C(CC#N)C4CCCC4)c3)n2)cc1. The summed E-state index contributed by atoms with van der Waals surface area (Å²) < 4.78 is 7.14. The first-order valence-corrected chi connectivity index (χ1v) is 9.92. The van der Waals surface area contributed by atoms with Gasteiger partial charge in [-0.25, -0.2) is 9.97 Å². The van der Waals surface area contributed by atoms with Gasteiger partial charge in [0, 0.05) is 23.6 Å². The Balaban J connectivity index is 1.53. The van der Waals surface area contributed by atoms with Crippen LogP contribution in [0.15, 0.2) is 48.9 Å². The van der Waals surface area contributed by atoms with Crippen molar-refractivity contribution in [2.75, 3.05) is 12.4 Å². The lowest BCUT2D eigenvalue weighted by Gasteiger charge is -2.21. The maximum Gasteiger partial charge on any atom is 0.227 e. The van der Waals surface area contributed by atoms with Gasteiger partial charge in [0.25, 0.3) is 0 Å². The minimum absolute atomic E-state index is 0.134. The highest BCUT2D eigenvalue weighted by Gasteiger charge is 2.27. The van der Waals surface area contributed by atoms with Crippen molar-refractivity contribution in [2.45, 2.75) is 38.1 Å². The molecule has 0 amide bonds. The largest absolute Gasteiger partial charge is 0.497 e. The molecule has 2 heterocycles. The van der Waals surface area contributed by atoms with Crippen LogP contribution in [-0.2, 0) is 0 Å². The van der Waals surface area contributed by atoms with Crippen molar-refractivity contribution in [2.24, 2.45) is 5.92 Å². The monoisotopic (exact) mass is 388 g/mol. The Morgan fingerprint density at radius 1 is 1.24 bits per heavy atom. The third-order valence-electron chi connectivity index (χ3n) is 5.48. The van der Waals surface area contributed by atoms with E-state index in [2.05, 4.69) is 26.5 Å². The van der Waals surface area contributed by atoms with E-state index in [-0.39, 0.29) is 6.04 Å². The third kappa shape index (κ3) is 4.37. The number of rotatable bonds is 7. The van der Waals surface area contributed by atoms with Crippen molar-refractivity contribution in [3.05, 3.63) is 48.9 Å². The normalized spacial score (nSPS) is 15.0. The molecule has 7 nitrogen and oxygen atoms in total. The highest BCUT2D eigenvalue weighted by atomic mass is 16.5. The zero-order chi connectivity index (χ0) is 20.1. The molecule has 1 aliphatic rings. The second-order valence-electron chi connectivity index (χ2n) is 7.30. The number of nitrogens with one attached hydrogen (secondary N) is 1. The summed E-state index contributed by atoms with van der Waals surface area (Å²) in [5.74, 6) is 1.84.